The van der Waals surface area contributed by atoms with Crippen LogP contribution < -0.4 is 4.90 Å². The van der Waals surface area contributed by atoms with Crippen molar-refractivity contribution in [2.24, 2.45) is 0 Å². The minimum absolute atomic E-state index is 0.956. The summed E-state index contributed by atoms with van der Waals surface area (Å²) in [6.45, 7) is 2.35. The number of fused-ring (bicyclic) bond motifs is 1. The van der Waals surface area contributed by atoms with Crippen LogP contribution in [0.15, 0.2) is 59.7 Å². The second kappa shape index (κ2) is 6.01. The third-order valence-electron chi connectivity index (χ3n) is 4.81. The molecule has 5 heteroatoms. The number of hydrogen-bond acceptors (Lipinski definition) is 4. The lowest BCUT2D eigenvalue weighted by molar-refractivity contribution is 0.949. The van der Waals surface area contributed by atoms with Crippen LogP contribution in [0.3, 0.4) is 0 Å². The van der Waals surface area contributed by atoms with Gasteiger partial charge in [0.05, 0.1) is 16.9 Å². The van der Waals surface area contributed by atoms with Crippen LogP contribution in [0, 0.1) is 0 Å². The van der Waals surface area contributed by atoms with Gasteiger partial charge in [-0.2, -0.15) is 0 Å². The molecule has 0 spiro atoms. The third kappa shape index (κ3) is 2.70. The fourth-order valence-corrected chi connectivity index (χ4v) is 4.02. The smallest absolute Gasteiger partial charge is 0.137 e. The van der Waals surface area contributed by atoms with Crippen LogP contribution in [0.2, 0.25) is 0 Å². The zero-order chi connectivity index (χ0) is 16.6. The predicted molar refractivity (Wildman–Crippen MR) is 103 cm³/mol. The van der Waals surface area contributed by atoms with Crippen molar-refractivity contribution in [2.45, 2.75) is 12.8 Å². The number of anilines is 1. The highest BCUT2D eigenvalue weighted by molar-refractivity contribution is 7.07. The maximum Gasteiger partial charge on any atom is 0.137 e. The van der Waals surface area contributed by atoms with E-state index in [0.29, 0.717) is 0 Å². The molecule has 0 atom stereocenters. The Kier molecular flexibility index (Phi) is 3.52. The number of rotatable bonds is 3. The average Bonchev–Trinajstić information content (AvgIpc) is 3.42. The Labute approximate surface area is 150 Å². The molecule has 1 fully saturated rings. The van der Waals surface area contributed by atoms with Crippen molar-refractivity contribution < 1.29 is 0 Å². The second-order valence-corrected chi connectivity index (χ2v) is 7.14. The number of benzene rings is 1. The van der Waals surface area contributed by atoms with Gasteiger partial charge in [-0.05, 0) is 37.1 Å². The van der Waals surface area contributed by atoms with Crippen LogP contribution in [0.5, 0.6) is 0 Å². The minimum Gasteiger partial charge on any atom is -0.372 e. The quantitative estimate of drug-likeness (QED) is 0.538. The molecule has 1 saturated heterocycles. The fraction of sp³-hybridized carbons (Fsp3) is 0.200. The molecule has 0 aliphatic carbocycles. The van der Waals surface area contributed by atoms with Gasteiger partial charge in [0.2, 0.25) is 0 Å². The van der Waals surface area contributed by atoms with Crippen molar-refractivity contribution in [1.29, 1.82) is 0 Å². The van der Waals surface area contributed by atoms with Gasteiger partial charge in [-0.3, -0.25) is 0 Å². The van der Waals surface area contributed by atoms with Gasteiger partial charge in [-0.1, -0.05) is 12.1 Å². The summed E-state index contributed by atoms with van der Waals surface area (Å²) in [4.78, 5) is 11.6. The molecule has 0 N–H and O–H groups in total. The predicted octanol–water partition coefficient (Wildman–Crippen LogP) is 4.73. The van der Waals surface area contributed by atoms with E-state index in [9.17, 15) is 0 Å². The maximum atomic E-state index is 4.76. The summed E-state index contributed by atoms with van der Waals surface area (Å²) in [6, 6.07) is 12.9. The van der Waals surface area contributed by atoms with Gasteiger partial charge >= 0.3 is 0 Å². The summed E-state index contributed by atoms with van der Waals surface area (Å²) in [5.41, 5.74) is 8.42. The highest BCUT2D eigenvalue weighted by Crippen LogP contribution is 2.26. The Balaban J connectivity index is 1.48. The van der Waals surface area contributed by atoms with E-state index < -0.39 is 0 Å². The van der Waals surface area contributed by atoms with Crippen LogP contribution >= 0.6 is 11.3 Å². The molecule has 0 radical (unpaired) electrons. The highest BCUT2D eigenvalue weighted by atomic mass is 32.1. The number of imidazole rings is 1. The topological polar surface area (TPSA) is 33.4 Å². The van der Waals surface area contributed by atoms with Crippen molar-refractivity contribution in [3.05, 3.63) is 59.7 Å². The van der Waals surface area contributed by atoms with Gasteiger partial charge in [-0.15, -0.1) is 11.3 Å². The third-order valence-corrected chi connectivity index (χ3v) is 5.40. The van der Waals surface area contributed by atoms with E-state index >= 15 is 0 Å². The van der Waals surface area contributed by atoms with E-state index in [0.717, 1.165) is 28.2 Å². The number of aromatic nitrogens is 3. The van der Waals surface area contributed by atoms with Gasteiger partial charge in [0.25, 0.3) is 0 Å². The SMILES string of the molecule is c1nc(-c2ccc3nc(-c4ccc(N5CCCC5)cc4)cn3c2)cs1. The Morgan fingerprint density at radius 2 is 1.64 bits per heavy atom. The molecule has 4 aromatic rings. The molecule has 3 aromatic heterocycles. The van der Waals surface area contributed by atoms with Gasteiger partial charge < -0.3 is 9.30 Å². The van der Waals surface area contributed by atoms with E-state index in [2.05, 4.69) is 68.5 Å². The first-order chi connectivity index (χ1) is 12.4. The molecular weight excluding hydrogens is 328 g/mol. The molecule has 0 bridgehead atoms. The molecule has 0 saturated carbocycles. The number of pyridine rings is 1. The normalized spacial score (nSPS) is 14.5. The molecule has 4 heterocycles. The first-order valence-electron chi connectivity index (χ1n) is 8.59. The zero-order valence-corrected chi connectivity index (χ0v) is 14.6. The molecule has 5 rings (SSSR count). The first-order valence-corrected chi connectivity index (χ1v) is 9.54. The molecule has 1 aromatic carbocycles. The summed E-state index contributed by atoms with van der Waals surface area (Å²) < 4.78 is 2.08. The van der Waals surface area contributed by atoms with Crippen LogP contribution in [0.1, 0.15) is 12.8 Å². The van der Waals surface area contributed by atoms with Crippen LogP contribution in [0.4, 0.5) is 5.69 Å². The van der Waals surface area contributed by atoms with E-state index in [4.69, 9.17) is 4.98 Å². The minimum atomic E-state index is 0.956. The Morgan fingerprint density at radius 3 is 2.40 bits per heavy atom. The summed E-state index contributed by atoms with van der Waals surface area (Å²) >= 11 is 1.61. The summed E-state index contributed by atoms with van der Waals surface area (Å²) in [6.07, 6.45) is 6.79. The summed E-state index contributed by atoms with van der Waals surface area (Å²) in [5.74, 6) is 0. The molecule has 0 amide bonds. The van der Waals surface area contributed by atoms with Crippen molar-refractivity contribution in [3.63, 3.8) is 0 Å². The molecule has 0 unspecified atom stereocenters. The largest absolute Gasteiger partial charge is 0.372 e. The summed E-state index contributed by atoms with van der Waals surface area (Å²) in [7, 11) is 0. The van der Waals surface area contributed by atoms with E-state index in [1.54, 1.807) is 11.3 Å². The lowest BCUT2D eigenvalue weighted by Gasteiger charge is -2.17. The van der Waals surface area contributed by atoms with Crippen LogP contribution in [-0.4, -0.2) is 27.5 Å². The van der Waals surface area contributed by atoms with Crippen molar-refractivity contribution in [1.82, 2.24) is 14.4 Å². The number of hydrogen-bond donors (Lipinski definition) is 0. The number of thiazole rings is 1. The Hall–Kier alpha value is -2.66. The lowest BCUT2D eigenvalue weighted by atomic mass is 10.1. The van der Waals surface area contributed by atoms with Gasteiger partial charge in [0.15, 0.2) is 0 Å². The Bertz CT molecular complexity index is 996. The van der Waals surface area contributed by atoms with Crippen LogP contribution in [-0.2, 0) is 0 Å². The maximum absolute atomic E-state index is 4.76. The zero-order valence-electron chi connectivity index (χ0n) is 13.8. The van der Waals surface area contributed by atoms with Crippen LogP contribution in [0.25, 0.3) is 28.2 Å². The van der Waals surface area contributed by atoms with Crippen molar-refractivity contribution in [2.75, 3.05) is 18.0 Å². The Morgan fingerprint density at radius 1 is 0.840 bits per heavy atom. The van der Waals surface area contributed by atoms with Gasteiger partial charge in [0, 0.05) is 47.7 Å². The van der Waals surface area contributed by atoms with Crippen molar-refractivity contribution >= 4 is 22.7 Å². The first kappa shape index (κ1) is 14.7. The highest BCUT2D eigenvalue weighted by Gasteiger charge is 2.12. The molecule has 1 aliphatic heterocycles. The van der Waals surface area contributed by atoms with Gasteiger partial charge in [-0.25, -0.2) is 9.97 Å². The standard InChI is InChI=1S/C20H18N4S/c1-2-10-23(9-1)17-6-3-15(4-7-17)18-12-24-11-16(5-8-20(24)22-18)19-13-25-14-21-19/h3-8,11-14H,1-2,9-10H2. The molecule has 1 aliphatic rings. The molecule has 25 heavy (non-hydrogen) atoms. The molecule has 4 nitrogen and oxygen atoms in total. The summed E-state index contributed by atoms with van der Waals surface area (Å²) in [5, 5.41) is 2.07. The van der Waals surface area contributed by atoms with E-state index in [1.165, 1.54) is 31.6 Å². The lowest BCUT2D eigenvalue weighted by Crippen LogP contribution is -2.17. The monoisotopic (exact) mass is 346 g/mol. The fourth-order valence-electron chi connectivity index (χ4n) is 3.46. The number of nitrogens with zero attached hydrogens (tertiary/aromatic N) is 4. The van der Waals surface area contributed by atoms with E-state index in [1.807, 2.05) is 5.51 Å². The second-order valence-electron chi connectivity index (χ2n) is 6.42. The molecular formula is C20H18N4S. The van der Waals surface area contributed by atoms with E-state index in [-0.39, 0.29) is 0 Å². The average molecular weight is 346 g/mol. The van der Waals surface area contributed by atoms with Gasteiger partial charge in [0.1, 0.15) is 5.65 Å². The molecule has 124 valence electrons. The van der Waals surface area contributed by atoms with Crippen molar-refractivity contribution in [3.8, 4) is 22.5 Å².